The van der Waals surface area contributed by atoms with E-state index in [2.05, 4.69) is 0 Å². The van der Waals surface area contributed by atoms with E-state index in [-0.39, 0.29) is 0 Å². The number of alkyl halides is 2. The molecule has 0 spiro atoms. The van der Waals surface area contributed by atoms with E-state index < -0.39 is 28.2 Å². The highest BCUT2D eigenvalue weighted by atomic mass is 35.5. The third kappa shape index (κ3) is 4.65. The minimum absolute atomic E-state index is 0.437. The molecule has 7 heteroatoms. The number of nitriles is 1. The van der Waals surface area contributed by atoms with E-state index >= 15 is 0 Å². The molecule has 1 aliphatic carbocycles. The molecule has 4 nitrogen and oxygen atoms in total. The molecule has 0 radical (unpaired) electrons. The Morgan fingerprint density at radius 2 is 1.65 bits per heavy atom. The van der Waals surface area contributed by atoms with Crippen LogP contribution in [0.25, 0.3) is 0 Å². The van der Waals surface area contributed by atoms with Gasteiger partial charge in [-0.3, -0.25) is 4.79 Å². The molecule has 3 unspecified atom stereocenters. The molecule has 0 aromatic heterocycles. The summed E-state index contributed by atoms with van der Waals surface area (Å²) in [4.78, 5) is 12.8. The van der Waals surface area contributed by atoms with Crippen LogP contribution in [0.1, 0.15) is 23.1 Å². The topological polar surface area (TPSA) is 59.3 Å². The number of hydrogen-bond acceptors (Lipinski definition) is 4. The minimum Gasteiger partial charge on any atom is -0.457 e. The maximum atomic E-state index is 12.8. The highest BCUT2D eigenvalue weighted by Gasteiger charge is 2.68. The first-order chi connectivity index (χ1) is 14.9. The average molecular weight is 473 g/mol. The summed E-state index contributed by atoms with van der Waals surface area (Å²) in [5, 5.41) is 10.2. The smallest absolute Gasteiger partial charge is 0.314 e. The number of para-hydroxylation sites is 1. The molecule has 3 atom stereocenters. The SMILES string of the molecule is N#CC(OC(=O)C1C(c2ccc(Cl)cc2)C1(Cl)Cl)c1cccc(Oc2ccccc2)c1. The lowest BCUT2D eigenvalue weighted by Crippen LogP contribution is -2.14. The van der Waals surface area contributed by atoms with Gasteiger partial charge in [-0.05, 0) is 42.0 Å². The van der Waals surface area contributed by atoms with E-state index in [4.69, 9.17) is 44.3 Å². The van der Waals surface area contributed by atoms with Gasteiger partial charge in [0.1, 0.15) is 27.8 Å². The fourth-order valence-corrected chi connectivity index (χ4v) is 4.36. The van der Waals surface area contributed by atoms with E-state index in [1.807, 2.05) is 36.4 Å². The van der Waals surface area contributed by atoms with Crippen LogP contribution in [0.4, 0.5) is 0 Å². The van der Waals surface area contributed by atoms with Crippen molar-refractivity contribution in [2.24, 2.45) is 5.92 Å². The van der Waals surface area contributed by atoms with Crippen molar-refractivity contribution >= 4 is 40.8 Å². The van der Waals surface area contributed by atoms with Crippen LogP contribution >= 0.6 is 34.8 Å². The number of carbonyl (C=O) groups excluding carboxylic acids is 1. The molecular weight excluding hydrogens is 457 g/mol. The van der Waals surface area contributed by atoms with Crippen molar-refractivity contribution in [3.05, 3.63) is 95.0 Å². The van der Waals surface area contributed by atoms with Gasteiger partial charge in [-0.2, -0.15) is 5.26 Å². The lowest BCUT2D eigenvalue weighted by atomic mass is 10.1. The third-order valence-electron chi connectivity index (χ3n) is 5.03. The Morgan fingerprint density at radius 3 is 2.32 bits per heavy atom. The second kappa shape index (κ2) is 8.80. The van der Waals surface area contributed by atoms with Crippen molar-refractivity contribution in [1.29, 1.82) is 5.26 Å². The molecule has 156 valence electrons. The standard InChI is InChI=1S/C24H16Cl3NO3/c25-17-11-9-15(10-12-17)21-22(24(21,26)27)23(29)31-20(14-28)16-5-4-8-19(13-16)30-18-6-2-1-3-7-18/h1-13,20-22H. The maximum absolute atomic E-state index is 12.8. The van der Waals surface area contributed by atoms with Gasteiger partial charge in [0.2, 0.25) is 6.10 Å². The molecule has 1 saturated carbocycles. The molecule has 0 N–H and O–H groups in total. The van der Waals surface area contributed by atoms with Crippen molar-refractivity contribution in [3.8, 4) is 17.6 Å². The van der Waals surface area contributed by atoms with Gasteiger partial charge < -0.3 is 9.47 Å². The number of nitrogens with zero attached hydrogens (tertiary/aromatic N) is 1. The molecule has 3 aromatic rings. The number of carbonyl (C=O) groups is 1. The van der Waals surface area contributed by atoms with Crippen molar-refractivity contribution in [1.82, 2.24) is 0 Å². The lowest BCUT2D eigenvalue weighted by Gasteiger charge is -2.13. The Kier molecular flexibility index (Phi) is 6.11. The van der Waals surface area contributed by atoms with Gasteiger partial charge in [0.05, 0.1) is 0 Å². The predicted octanol–water partition coefficient (Wildman–Crippen LogP) is 6.83. The predicted molar refractivity (Wildman–Crippen MR) is 120 cm³/mol. The largest absolute Gasteiger partial charge is 0.457 e. The van der Waals surface area contributed by atoms with Gasteiger partial charge in [-0.25, -0.2) is 0 Å². The van der Waals surface area contributed by atoms with Crippen molar-refractivity contribution in [2.75, 3.05) is 0 Å². The van der Waals surface area contributed by atoms with Crippen LogP contribution < -0.4 is 4.74 Å². The summed E-state index contributed by atoms with van der Waals surface area (Å²) in [6, 6.07) is 25.0. The molecule has 0 amide bonds. The zero-order valence-corrected chi connectivity index (χ0v) is 18.3. The summed E-state index contributed by atoms with van der Waals surface area (Å²) in [5.74, 6) is -0.673. The Morgan fingerprint density at radius 1 is 0.968 bits per heavy atom. The summed E-state index contributed by atoms with van der Waals surface area (Å²) < 4.78 is 9.97. The second-order valence-corrected chi connectivity index (χ2v) is 9.00. The first-order valence-electron chi connectivity index (χ1n) is 9.46. The van der Waals surface area contributed by atoms with Gasteiger partial charge in [-0.15, -0.1) is 0 Å². The van der Waals surface area contributed by atoms with E-state index in [1.54, 1.807) is 48.5 Å². The fourth-order valence-electron chi connectivity index (χ4n) is 3.43. The molecule has 1 aliphatic rings. The number of esters is 1. The Balaban J connectivity index is 1.48. The van der Waals surface area contributed by atoms with Crippen LogP contribution in [0.5, 0.6) is 11.5 Å². The van der Waals surface area contributed by atoms with Crippen LogP contribution in [-0.4, -0.2) is 10.3 Å². The summed E-state index contributed by atoms with van der Waals surface area (Å²) in [5.41, 5.74) is 1.27. The van der Waals surface area contributed by atoms with Gasteiger partial charge in [0.25, 0.3) is 0 Å². The van der Waals surface area contributed by atoms with Gasteiger partial charge in [0.15, 0.2) is 0 Å². The van der Waals surface area contributed by atoms with Gasteiger partial charge >= 0.3 is 5.97 Å². The lowest BCUT2D eigenvalue weighted by molar-refractivity contribution is -0.148. The third-order valence-corrected chi connectivity index (χ3v) is 6.22. The van der Waals surface area contributed by atoms with E-state index in [0.29, 0.717) is 22.1 Å². The molecule has 0 heterocycles. The zero-order valence-electron chi connectivity index (χ0n) is 16.0. The molecule has 4 rings (SSSR count). The highest BCUT2D eigenvalue weighted by molar-refractivity contribution is 6.53. The molecule has 0 saturated heterocycles. The zero-order chi connectivity index (χ0) is 22.0. The first kappa shape index (κ1) is 21.5. The Labute approximate surface area is 194 Å². The number of benzene rings is 3. The molecule has 1 fully saturated rings. The van der Waals surface area contributed by atoms with Crippen LogP contribution in [0.3, 0.4) is 0 Å². The number of rotatable bonds is 6. The Hall–Kier alpha value is -2.71. The quantitative estimate of drug-likeness (QED) is 0.291. The summed E-state index contributed by atoms with van der Waals surface area (Å²) in [7, 11) is 0. The minimum atomic E-state index is -1.30. The van der Waals surface area contributed by atoms with E-state index in [9.17, 15) is 10.1 Å². The molecule has 0 bridgehead atoms. The number of halogens is 3. The second-order valence-electron chi connectivity index (χ2n) is 7.12. The Bertz CT molecular complexity index is 1130. The maximum Gasteiger partial charge on any atom is 0.314 e. The summed E-state index contributed by atoms with van der Waals surface area (Å²) >= 11 is 18.6. The van der Waals surface area contributed by atoms with Crippen LogP contribution in [0.15, 0.2) is 78.9 Å². The van der Waals surface area contributed by atoms with E-state index in [0.717, 1.165) is 5.56 Å². The summed E-state index contributed by atoms with van der Waals surface area (Å²) in [6.45, 7) is 0. The molecule has 3 aromatic carbocycles. The van der Waals surface area contributed by atoms with Crippen LogP contribution in [0, 0.1) is 17.2 Å². The highest BCUT2D eigenvalue weighted by Crippen LogP contribution is 2.65. The summed E-state index contributed by atoms with van der Waals surface area (Å²) in [6.07, 6.45) is -1.12. The number of ether oxygens (including phenoxy) is 2. The van der Waals surface area contributed by atoms with Crippen molar-refractivity contribution < 1.29 is 14.3 Å². The van der Waals surface area contributed by atoms with Crippen LogP contribution in [0.2, 0.25) is 5.02 Å². The number of hydrogen-bond donors (Lipinski definition) is 0. The molecular formula is C24H16Cl3NO3. The first-order valence-corrected chi connectivity index (χ1v) is 10.6. The average Bonchev–Trinajstić information content (AvgIpc) is 3.35. The normalized spacial score (nSPS) is 19.7. The molecule has 0 aliphatic heterocycles. The molecule has 31 heavy (non-hydrogen) atoms. The van der Waals surface area contributed by atoms with Gasteiger partial charge in [0, 0.05) is 16.5 Å². The monoisotopic (exact) mass is 471 g/mol. The van der Waals surface area contributed by atoms with Crippen LogP contribution in [-0.2, 0) is 9.53 Å². The van der Waals surface area contributed by atoms with Gasteiger partial charge in [-0.1, -0.05) is 77.3 Å². The van der Waals surface area contributed by atoms with Crippen molar-refractivity contribution in [3.63, 3.8) is 0 Å². The fraction of sp³-hybridized carbons (Fsp3) is 0.167. The van der Waals surface area contributed by atoms with E-state index in [1.165, 1.54) is 0 Å². The van der Waals surface area contributed by atoms with Crippen molar-refractivity contribution in [2.45, 2.75) is 16.4 Å².